The van der Waals surface area contributed by atoms with Crippen molar-refractivity contribution in [2.45, 2.75) is 13.5 Å². The lowest BCUT2D eigenvalue weighted by molar-refractivity contribution is 0.185. The summed E-state index contributed by atoms with van der Waals surface area (Å²) in [6, 6.07) is 7.51. The van der Waals surface area contributed by atoms with Gasteiger partial charge in [-0.15, -0.1) is 0 Å². The SMILES string of the molecule is CCN(CCO)Cc1ncc(-c2ccccc2Cl)o1. The van der Waals surface area contributed by atoms with Gasteiger partial charge in [0.2, 0.25) is 5.89 Å². The number of rotatable bonds is 6. The molecular formula is C14H17ClN2O2. The Labute approximate surface area is 117 Å². The van der Waals surface area contributed by atoms with Gasteiger partial charge in [-0.3, -0.25) is 4.90 Å². The van der Waals surface area contributed by atoms with Gasteiger partial charge in [-0.1, -0.05) is 30.7 Å². The Morgan fingerprint density at radius 3 is 2.84 bits per heavy atom. The average molecular weight is 281 g/mol. The van der Waals surface area contributed by atoms with Gasteiger partial charge in [-0.2, -0.15) is 0 Å². The predicted molar refractivity (Wildman–Crippen MR) is 75.0 cm³/mol. The molecule has 0 spiro atoms. The summed E-state index contributed by atoms with van der Waals surface area (Å²) in [6.45, 7) is 4.20. The molecule has 0 aliphatic heterocycles. The lowest BCUT2D eigenvalue weighted by Gasteiger charge is -2.16. The van der Waals surface area contributed by atoms with E-state index in [4.69, 9.17) is 21.1 Å². The number of hydrogen-bond acceptors (Lipinski definition) is 4. The molecule has 1 aromatic carbocycles. The Hall–Kier alpha value is -1.36. The first-order valence-corrected chi connectivity index (χ1v) is 6.65. The van der Waals surface area contributed by atoms with Crippen molar-refractivity contribution in [3.05, 3.63) is 41.4 Å². The zero-order chi connectivity index (χ0) is 13.7. The minimum Gasteiger partial charge on any atom is -0.439 e. The molecule has 2 aromatic rings. The van der Waals surface area contributed by atoms with E-state index >= 15 is 0 Å². The van der Waals surface area contributed by atoms with E-state index < -0.39 is 0 Å². The normalized spacial score (nSPS) is 11.2. The van der Waals surface area contributed by atoms with E-state index in [1.54, 1.807) is 6.20 Å². The Morgan fingerprint density at radius 1 is 1.37 bits per heavy atom. The maximum absolute atomic E-state index is 8.96. The lowest BCUT2D eigenvalue weighted by Crippen LogP contribution is -2.26. The molecule has 0 fully saturated rings. The third-order valence-corrected chi connectivity index (χ3v) is 3.24. The van der Waals surface area contributed by atoms with Crippen LogP contribution < -0.4 is 0 Å². The van der Waals surface area contributed by atoms with Gasteiger partial charge in [-0.05, 0) is 18.7 Å². The molecule has 5 heteroatoms. The first-order valence-electron chi connectivity index (χ1n) is 6.27. The van der Waals surface area contributed by atoms with E-state index in [0.29, 0.717) is 29.8 Å². The minimum atomic E-state index is 0.131. The molecule has 1 heterocycles. The van der Waals surface area contributed by atoms with Gasteiger partial charge in [0, 0.05) is 12.1 Å². The van der Waals surface area contributed by atoms with Crippen molar-refractivity contribution in [3.8, 4) is 11.3 Å². The number of aliphatic hydroxyl groups excluding tert-OH is 1. The first-order chi connectivity index (χ1) is 9.24. The molecule has 4 nitrogen and oxygen atoms in total. The summed E-state index contributed by atoms with van der Waals surface area (Å²) in [5, 5.41) is 9.60. The second-order valence-corrected chi connectivity index (χ2v) is 4.60. The van der Waals surface area contributed by atoms with Crippen molar-refractivity contribution in [1.29, 1.82) is 0 Å². The van der Waals surface area contributed by atoms with E-state index in [2.05, 4.69) is 9.88 Å². The van der Waals surface area contributed by atoms with Crippen molar-refractivity contribution in [1.82, 2.24) is 9.88 Å². The molecular weight excluding hydrogens is 264 g/mol. The van der Waals surface area contributed by atoms with Gasteiger partial charge in [0.25, 0.3) is 0 Å². The molecule has 0 unspecified atom stereocenters. The molecule has 19 heavy (non-hydrogen) atoms. The number of halogens is 1. The maximum Gasteiger partial charge on any atom is 0.209 e. The van der Waals surface area contributed by atoms with E-state index in [1.807, 2.05) is 31.2 Å². The Balaban J connectivity index is 2.13. The molecule has 0 bridgehead atoms. The quantitative estimate of drug-likeness (QED) is 0.884. The van der Waals surface area contributed by atoms with Crippen molar-refractivity contribution < 1.29 is 9.52 Å². The summed E-state index contributed by atoms with van der Waals surface area (Å²) >= 11 is 6.12. The van der Waals surface area contributed by atoms with Crippen LogP contribution in [0.25, 0.3) is 11.3 Å². The van der Waals surface area contributed by atoms with Crippen molar-refractivity contribution in [3.63, 3.8) is 0 Å². The van der Waals surface area contributed by atoms with Crippen LogP contribution in [0.4, 0.5) is 0 Å². The lowest BCUT2D eigenvalue weighted by atomic mass is 10.2. The van der Waals surface area contributed by atoms with Crippen LogP contribution in [0.15, 0.2) is 34.9 Å². The van der Waals surface area contributed by atoms with Crippen LogP contribution in [0.3, 0.4) is 0 Å². The highest BCUT2D eigenvalue weighted by Crippen LogP contribution is 2.28. The molecule has 2 rings (SSSR count). The smallest absolute Gasteiger partial charge is 0.209 e. The van der Waals surface area contributed by atoms with E-state index in [9.17, 15) is 0 Å². The van der Waals surface area contributed by atoms with Crippen molar-refractivity contribution >= 4 is 11.6 Å². The Bertz CT molecular complexity index is 528. The van der Waals surface area contributed by atoms with Gasteiger partial charge in [0.15, 0.2) is 5.76 Å². The van der Waals surface area contributed by atoms with Crippen LogP contribution >= 0.6 is 11.6 Å². The summed E-state index contributed by atoms with van der Waals surface area (Å²) in [4.78, 5) is 6.31. The number of hydrogen-bond donors (Lipinski definition) is 1. The van der Waals surface area contributed by atoms with Gasteiger partial charge in [-0.25, -0.2) is 4.98 Å². The van der Waals surface area contributed by atoms with Gasteiger partial charge in [0.05, 0.1) is 24.4 Å². The summed E-state index contributed by atoms with van der Waals surface area (Å²) in [7, 11) is 0. The molecule has 0 amide bonds. The van der Waals surface area contributed by atoms with Crippen LogP contribution in [0.2, 0.25) is 5.02 Å². The molecule has 0 saturated carbocycles. The van der Waals surface area contributed by atoms with Crippen LogP contribution in [0, 0.1) is 0 Å². The van der Waals surface area contributed by atoms with E-state index in [1.165, 1.54) is 0 Å². The number of benzene rings is 1. The van der Waals surface area contributed by atoms with E-state index in [-0.39, 0.29) is 6.61 Å². The molecule has 1 N–H and O–H groups in total. The molecule has 1 aromatic heterocycles. The van der Waals surface area contributed by atoms with Crippen molar-refractivity contribution in [2.75, 3.05) is 19.7 Å². The number of oxazole rings is 1. The fourth-order valence-corrected chi connectivity index (χ4v) is 2.08. The summed E-state index contributed by atoms with van der Waals surface area (Å²) in [5.41, 5.74) is 0.841. The van der Waals surface area contributed by atoms with Crippen LogP contribution in [0.1, 0.15) is 12.8 Å². The highest BCUT2D eigenvalue weighted by Gasteiger charge is 2.11. The highest BCUT2D eigenvalue weighted by molar-refractivity contribution is 6.33. The molecule has 0 radical (unpaired) electrons. The third-order valence-electron chi connectivity index (χ3n) is 2.92. The number of likely N-dealkylation sites (N-methyl/N-ethyl adjacent to an activating group) is 1. The summed E-state index contributed by atoms with van der Waals surface area (Å²) in [5.74, 6) is 1.30. The maximum atomic E-state index is 8.96. The van der Waals surface area contributed by atoms with Crippen LogP contribution in [-0.4, -0.2) is 34.7 Å². The van der Waals surface area contributed by atoms with E-state index in [0.717, 1.165) is 12.1 Å². The summed E-state index contributed by atoms with van der Waals surface area (Å²) in [6.07, 6.45) is 1.68. The van der Waals surface area contributed by atoms with Gasteiger partial charge < -0.3 is 9.52 Å². The van der Waals surface area contributed by atoms with Crippen molar-refractivity contribution in [2.24, 2.45) is 0 Å². The zero-order valence-corrected chi connectivity index (χ0v) is 11.6. The Kier molecular flexibility index (Phi) is 4.96. The molecule has 0 atom stereocenters. The molecule has 0 saturated heterocycles. The summed E-state index contributed by atoms with van der Waals surface area (Å²) < 4.78 is 5.71. The fourth-order valence-electron chi connectivity index (χ4n) is 1.85. The number of aromatic nitrogens is 1. The Morgan fingerprint density at radius 2 is 2.16 bits per heavy atom. The monoisotopic (exact) mass is 280 g/mol. The number of nitrogens with zero attached hydrogens (tertiary/aromatic N) is 2. The fraction of sp³-hybridized carbons (Fsp3) is 0.357. The second-order valence-electron chi connectivity index (χ2n) is 4.19. The molecule has 0 aliphatic rings. The van der Waals surface area contributed by atoms with Gasteiger partial charge >= 0.3 is 0 Å². The molecule has 102 valence electrons. The average Bonchev–Trinajstić information content (AvgIpc) is 2.87. The number of aliphatic hydroxyl groups is 1. The first kappa shape index (κ1) is 14.1. The largest absolute Gasteiger partial charge is 0.439 e. The minimum absolute atomic E-state index is 0.131. The van der Waals surface area contributed by atoms with Crippen LogP contribution in [-0.2, 0) is 6.54 Å². The second kappa shape index (κ2) is 6.70. The predicted octanol–water partition coefficient (Wildman–Crippen LogP) is 2.81. The zero-order valence-electron chi connectivity index (χ0n) is 10.8. The highest BCUT2D eigenvalue weighted by atomic mass is 35.5. The third kappa shape index (κ3) is 3.56. The van der Waals surface area contributed by atoms with Crippen LogP contribution in [0.5, 0.6) is 0 Å². The standard InChI is InChI=1S/C14H17ClN2O2/c1-2-17(7-8-18)10-14-16-9-13(19-14)11-5-3-4-6-12(11)15/h3-6,9,18H,2,7-8,10H2,1H3. The molecule has 0 aliphatic carbocycles. The topological polar surface area (TPSA) is 49.5 Å². The van der Waals surface area contributed by atoms with Gasteiger partial charge in [0.1, 0.15) is 0 Å².